The van der Waals surface area contributed by atoms with Gasteiger partial charge in [-0.2, -0.15) is 0 Å². The molecular weight excluding hydrogens is 260 g/mol. The van der Waals surface area contributed by atoms with Crippen LogP contribution in [0.2, 0.25) is 0 Å². The fraction of sp³-hybridized carbons (Fsp3) is 1.00. The van der Waals surface area contributed by atoms with Crippen LogP contribution in [0.4, 0.5) is 0 Å². The maximum Gasteiger partial charge on any atom is 0.0804 e. The number of hydrogen-bond donors (Lipinski definition) is 2. The highest BCUT2D eigenvalue weighted by Gasteiger charge is 2.58. The van der Waals surface area contributed by atoms with E-state index in [0.29, 0.717) is 11.3 Å². The van der Waals surface area contributed by atoms with E-state index in [1.54, 1.807) is 0 Å². The lowest BCUT2D eigenvalue weighted by Crippen LogP contribution is -2.56. The smallest absolute Gasteiger partial charge is 0.0804 e. The van der Waals surface area contributed by atoms with Crippen molar-refractivity contribution in [2.24, 2.45) is 34.5 Å². The zero-order valence-electron chi connectivity index (χ0n) is 13.7. The summed E-state index contributed by atoms with van der Waals surface area (Å²) in [5, 5.41) is 20.3. The van der Waals surface area contributed by atoms with E-state index in [0.717, 1.165) is 30.6 Å². The second-order valence-electron chi connectivity index (χ2n) is 9.32. The van der Waals surface area contributed by atoms with Crippen LogP contribution in [0.3, 0.4) is 0 Å². The van der Waals surface area contributed by atoms with Gasteiger partial charge in [0.25, 0.3) is 0 Å². The van der Waals surface area contributed by atoms with Crippen LogP contribution in [0.1, 0.15) is 71.6 Å². The summed E-state index contributed by atoms with van der Waals surface area (Å²) in [5.74, 6) is 3.28. The van der Waals surface area contributed by atoms with Gasteiger partial charge in [0, 0.05) is 0 Å². The van der Waals surface area contributed by atoms with Gasteiger partial charge in [0.2, 0.25) is 0 Å². The number of fused-ring (bicyclic) bond motifs is 5. The molecule has 4 rings (SSSR count). The summed E-state index contributed by atoms with van der Waals surface area (Å²) < 4.78 is 0. The maximum atomic E-state index is 10.3. The van der Waals surface area contributed by atoms with Gasteiger partial charge in [-0.15, -0.1) is 0 Å². The first kappa shape index (κ1) is 14.5. The van der Waals surface area contributed by atoms with Gasteiger partial charge in [-0.1, -0.05) is 20.3 Å². The Bertz CT molecular complexity index is 422. The van der Waals surface area contributed by atoms with Crippen molar-refractivity contribution in [2.75, 3.05) is 0 Å². The summed E-state index contributed by atoms with van der Waals surface area (Å²) in [6, 6.07) is 0. The number of aliphatic hydroxyl groups excluding tert-OH is 2. The number of aliphatic hydroxyl groups is 2. The highest BCUT2D eigenvalue weighted by molar-refractivity contribution is 5.08. The quantitative estimate of drug-likeness (QED) is 0.714. The van der Waals surface area contributed by atoms with Gasteiger partial charge < -0.3 is 10.2 Å². The first-order valence-corrected chi connectivity index (χ1v) is 9.30. The molecule has 0 aromatic carbocycles. The molecule has 4 aliphatic rings. The fourth-order valence-electron chi connectivity index (χ4n) is 7.27. The highest BCUT2D eigenvalue weighted by atomic mass is 16.3. The normalized spacial score (nSPS) is 60.0. The van der Waals surface area contributed by atoms with Crippen molar-refractivity contribution in [2.45, 2.75) is 83.8 Å². The molecule has 120 valence electrons. The van der Waals surface area contributed by atoms with Gasteiger partial charge in [-0.3, -0.25) is 0 Å². The second-order valence-corrected chi connectivity index (χ2v) is 9.32. The molecule has 0 aliphatic heterocycles. The van der Waals surface area contributed by atoms with Crippen LogP contribution in [-0.2, 0) is 0 Å². The molecule has 0 aromatic heterocycles. The molecule has 4 aliphatic carbocycles. The minimum Gasteiger partial charge on any atom is -0.390 e. The molecule has 0 unspecified atom stereocenters. The first-order valence-electron chi connectivity index (χ1n) is 9.30. The highest BCUT2D eigenvalue weighted by Crippen LogP contribution is 2.66. The van der Waals surface area contributed by atoms with Crippen molar-refractivity contribution in [1.82, 2.24) is 0 Å². The molecule has 0 amide bonds. The molecule has 2 nitrogen and oxygen atoms in total. The van der Waals surface area contributed by atoms with Crippen molar-refractivity contribution in [3.05, 3.63) is 0 Å². The second kappa shape index (κ2) is 4.71. The molecule has 0 radical (unpaired) electrons. The lowest BCUT2D eigenvalue weighted by atomic mass is 9.45. The van der Waals surface area contributed by atoms with Gasteiger partial charge in [-0.25, -0.2) is 0 Å². The summed E-state index contributed by atoms with van der Waals surface area (Å²) in [6.45, 7) is 5.00. The van der Waals surface area contributed by atoms with E-state index in [1.165, 1.54) is 44.9 Å². The van der Waals surface area contributed by atoms with Crippen LogP contribution in [0.5, 0.6) is 0 Å². The van der Waals surface area contributed by atoms with Gasteiger partial charge in [0.1, 0.15) is 0 Å². The molecule has 21 heavy (non-hydrogen) atoms. The van der Waals surface area contributed by atoms with Crippen molar-refractivity contribution in [3.8, 4) is 0 Å². The van der Waals surface area contributed by atoms with Crippen molar-refractivity contribution in [3.63, 3.8) is 0 Å². The Morgan fingerprint density at radius 1 is 0.857 bits per heavy atom. The summed E-state index contributed by atoms with van der Waals surface area (Å²) in [7, 11) is 0. The van der Waals surface area contributed by atoms with E-state index in [4.69, 9.17) is 0 Å². The summed E-state index contributed by atoms with van der Waals surface area (Å²) in [5.41, 5.74) is 0.905. The Kier molecular flexibility index (Phi) is 3.25. The predicted octanol–water partition coefficient (Wildman–Crippen LogP) is 3.75. The van der Waals surface area contributed by atoms with E-state index in [1.807, 2.05) is 0 Å². The average molecular weight is 292 g/mol. The standard InChI is InChI=1S/C19H32O2/c1-18-8-3-4-14(18)13-6-5-12-10-16(20)17(21)11-19(12,2)15(13)7-9-18/h12-17,20-21H,3-11H2,1-2H3/t12-,13-,14-,15-,16+,17+,18-,19-/m0/s1. The molecule has 0 aromatic rings. The van der Waals surface area contributed by atoms with Crippen molar-refractivity contribution in [1.29, 1.82) is 0 Å². The van der Waals surface area contributed by atoms with Crippen LogP contribution in [0.15, 0.2) is 0 Å². The van der Waals surface area contributed by atoms with Gasteiger partial charge >= 0.3 is 0 Å². The zero-order valence-corrected chi connectivity index (χ0v) is 13.7. The van der Waals surface area contributed by atoms with Crippen LogP contribution >= 0.6 is 0 Å². The molecule has 2 heteroatoms. The van der Waals surface area contributed by atoms with Crippen LogP contribution < -0.4 is 0 Å². The van der Waals surface area contributed by atoms with E-state index in [9.17, 15) is 10.2 Å². The SMILES string of the molecule is C[C@@]12CCC[C@H]1[C@@H]1CC[C@H]3C[C@@H](O)[C@H](O)C[C@]3(C)[C@H]1CC2. The Morgan fingerprint density at radius 3 is 2.48 bits per heavy atom. The Labute approximate surface area is 129 Å². The third kappa shape index (κ3) is 1.97. The van der Waals surface area contributed by atoms with E-state index in [2.05, 4.69) is 13.8 Å². The lowest BCUT2D eigenvalue weighted by Gasteiger charge is -2.61. The average Bonchev–Trinajstić information content (AvgIpc) is 2.82. The molecule has 0 saturated heterocycles. The lowest BCUT2D eigenvalue weighted by molar-refractivity contribution is -0.156. The van der Waals surface area contributed by atoms with Crippen LogP contribution in [-0.4, -0.2) is 22.4 Å². The largest absolute Gasteiger partial charge is 0.390 e. The molecule has 0 heterocycles. The minimum atomic E-state index is -0.484. The fourth-order valence-corrected chi connectivity index (χ4v) is 7.27. The summed E-state index contributed by atoms with van der Waals surface area (Å²) >= 11 is 0. The van der Waals surface area contributed by atoms with Gasteiger partial charge in [0.15, 0.2) is 0 Å². The monoisotopic (exact) mass is 292 g/mol. The van der Waals surface area contributed by atoms with Gasteiger partial charge in [0.05, 0.1) is 12.2 Å². The molecule has 8 atom stereocenters. The van der Waals surface area contributed by atoms with Gasteiger partial charge in [-0.05, 0) is 85.9 Å². The summed E-state index contributed by atoms with van der Waals surface area (Å²) in [6.07, 6.45) is 10.5. The Hall–Kier alpha value is -0.0800. The molecular formula is C19H32O2. The number of rotatable bonds is 0. The van der Waals surface area contributed by atoms with Crippen LogP contribution in [0, 0.1) is 34.5 Å². The topological polar surface area (TPSA) is 40.5 Å². The Morgan fingerprint density at radius 2 is 1.67 bits per heavy atom. The first-order chi connectivity index (χ1) is 9.94. The molecule has 2 N–H and O–H groups in total. The maximum absolute atomic E-state index is 10.3. The Balaban J connectivity index is 1.63. The molecule has 0 bridgehead atoms. The minimum absolute atomic E-state index is 0.283. The van der Waals surface area contributed by atoms with Crippen molar-refractivity contribution >= 4 is 0 Å². The predicted molar refractivity (Wildman–Crippen MR) is 83.7 cm³/mol. The van der Waals surface area contributed by atoms with Crippen molar-refractivity contribution < 1.29 is 10.2 Å². The van der Waals surface area contributed by atoms with E-state index in [-0.39, 0.29) is 5.41 Å². The van der Waals surface area contributed by atoms with E-state index < -0.39 is 12.2 Å². The molecule has 4 fully saturated rings. The molecule has 4 saturated carbocycles. The zero-order chi connectivity index (χ0) is 14.8. The third-order valence-electron chi connectivity index (χ3n) is 8.47. The molecule has 0 spiro atoms. The van der Waals surface area contributed by atoms with E-state index >= 15 is 0 Å². The van der Waals surface area contributed by atoms with Crippen LogP contribution in [0.25, 0.3) is 0 Å². The third-order valence-corrected chi connectivity index (χ3v) is 8.47. The summed E-state index contributed by atoms with van der Waals surface area (Å²) in [4.78, 5) is 0. The number of hydrogen-bond acceptors (Lipinski definition) is 2.